The molecule has 3 N–H and O–H groups in total. The summed E-state index contributed by atoms with van der Waals surface area (Å²) >= 11 is 3.31. The largest absolute Gasteiger partial charge is 0.506 e. The lowest BCUT2D eigenvalue weighted by Crippen LogP contribution is -2.06. The number of benzene rings is 1. The smallest absolute Gasteiger partial charge is 0.133 e. The zero-order valence-corrected chi connectivity index (χ0v) is 9.88. The van der Waals surface area contributed by atoms with Crippen LogP contribution in [0.1, 0.15) is 25.3 Å². The molecule has 2 atom stereocenters. The topological polar surface area (TPSA) is 46.2 Å². The molecule has 1 saturated carbocycles. The number of para-hydroxylation sites is 1. The molecule has 0 spiro atoms. The van der Waals surface area contributed by atoms with Gasteiger partial charge in [-0.1, -0.05) is 26.0 Å². The van der Waals surface area contributed by atoms with Crippen LogP contribution in [0.25, 0.3) is 0 Å². The average Bonchev–Trinajstić information content (AvgIpc) is 2.59. The van der Waals surface area contributed by atoms with E-state index in [1.54, 1.807) is 0 Å². The summed E-state index contributed by atoms with van der Waals surface area (Å²) in [5, 5.41) is 9.86. The van der Waals surface area contributed by atoms with Crippen LogP contribution in [0.2, 0.25) is 0 Å². The van der Waals surface area contributed by atoms with E-state index in [9.17, 15) is 5.11 Å². The molecule has 0 unspecified atom stereocenters. The van der Waals surface area contributed by atoms with Crippen molar-refractivity contribution in [2.45, 2.75) is 25.8 Å². The average molecular weight is 256 g/mol. The molecule has 0 saturated heterocycles. The Hall–Kier alpha value is -0.540. The third kappa shape index (κ3) is 1.27. The van der Waals surface area contributed by atoms with Crippen LogP contribution in [0.15, 0.2) is 22.7 Å². The minimum atomic E-state index is 0.109. The Balaban J connectivity index is 2.40. The van der Waals surface area contributed by atoms with Crippen molar-refractivity contribution in [3.05, 3.63) is 28.2 Å². The first-order chi connectivity index (χ1) is 6.46. The Morgan fingerprint density at radius 3 is 2.50 bits per heavy atom. The highest BCUT2D eigenvalue weighted by Gasteiger charge is 2.57. The first kappa shape index (κ1) is 9.99. The number of aromatic hydroxyl groups is 1. The Labute approximate surface area is 92.3 Å². The van der Waals surface area contributed by atoms with Gasteiger partial charge in [0.25, 0.3) is 0 Å². The third-order valence-electron chi connectivity index (χ3n) is 3.26. The number of phenolic OH excluding ortho intramolecular Hbond substituents is 1. The van der Waals surface area contributed by atoms with Crippen molar-refractivity contribution in [3.8, 4) is 5.75 Å². The van der Waals surface area contributed by atoms with Gasteiger partial charge in [0.1, 0.15) is 5.75 Å². The van der Waals surface area contributed by atoms with Crippen LogP contribution in [-0.2, 0) is 0 Å². The van der Waals surface area contributed by atoms with Crippen LogP contribution in [0.4, 0.5) is 0 Å². The Bertz CT molecular complexity index is 376. The second kappa shape index (κ2) is 2.97. The van der Waals surface area contributed by atoms with E-state index in [-0.39, 0.29) is 17.4 Å². The van der Waals surface area contributed by atoms with E-state index in [1.165, 1.54) is 0 Å². The third-order valence-corrected chi connectivity index (χ3v) is 3.90. The SMILES string of the molecule is CC1(C)[C@H](N)[C@H]1c1cccc(Br)c1O. The van der Waals surface area contributed by atoms with E-state index in [4.69, 9.17) is 5.73 Å². The molecular weight excluding hydrogens is 242 g/mol. The molecule has 1 aliphatic rings. The van der Waals surface area contributed by atoms with Gasteiger partial charge < -0.3 is 10.8 Å². The normalized spacial score (nSPS) is 28.9. The molecule has 0 heterocycles. The Morgan fingerprint density at radius 1 is 1.43 bits per heavy atom. The molecule has 0 bridgehead atoms. The van der Waals surface area contributed by atoms with Crippen LogP contribution in [0, 0.1) is 5.41 Å². The summed E-state index contributed by atoms with van der Waals surface area (Å²) in [5.74, 6) is 0.610. The Morgan fingerprint density at radius 2 is 2.00 bits per heavy atom. The van der Waals surface area contributed by atoms with Gasteiger partial charge in [-0.3, -0.25) is 0 Å². The van der Waals surface area contributed by atoms with Crippen molar-refractivity contribution in [2.24, 2.45) is 11.1 Å². The van der Waals surface area contributed by atoms with Gasteiger partial charge in [-0.05, 0) is 27.4 Å². The van der Waals surface area contributed by atoms with Gasteiger partial charge in [0.2, 0.25) is 0 Å². The molecule has 1 aromatic rings. The van der Waals surface area contributed by atoms with Gasteiger partial charge in [0, 0.05) is 17.5 Å². The van der Waals surface area contributed by atoms with Gasteiger partial charge in [-0.2, -0.15) is 0 Å². The molecule has 1 fully saturated rings. The van der Waals surface area contributed by atoms with Gasteiger partial charge in [-0.25, -0.2) is 0 Å². The van der Waals surface area contributed by atoms with Crippen molar-refractivity contribution in [1.29, 1.82) is 0 Å². The minimum Gasteiger partial charge on any atom is -0.506 e. The molecule has 0 aromatic heterocycles. The number of phenols is 1. The summed E-state index contributed by atoms with van der Waals surface area (Å²) in [6.07, 6.45) is 0. The van der Waals surface area contributed by atoms with E-state index in [1.807, 2.05) is 18.2 Å². The molecule has 0 amide bonds. The van der Waals surface area contributed by atoms with Crippen molar-refractivity contribution in [2.75, 3.05) is 0 Å². The van der Waals surface area contributed by atoms with Gasteiger partial charge in [0.05, 0.1) is 4.47 Å². The summed E-state index contributed by atoms with van der Waals surface area (Å²) < 4.78 is 0.741. The lowest BCUT2D eigenvalue weighted by atomic mass is 10.0. The summed E-state index contributed by atoms with van der Waals surface area (Å²) in [5.41, 5.74) is 7.03. The molecule has 1 aliphatic carbocycles. The summed E-state index contributed by atoms with van der Waals surface area (Å²) in [7, 11) is 0. The number of hydrogen-bond donors (Lipinski definition) is 2. The fourth-order valence-corrected chi connectivity index (χ4v) is 2.44. The molecular formula is C11H14BrNO. The van der Waals surface area contributed by atoms with E-state index in [0.717, 1.165) is 10.0 Å². The summed E-state index contributed by atoms with van der Waals surface area (Å²) in [6, 6.07) is 5.86. The highest BCUT2D eigenvalue weighted by molar-refractivity contribution is 9.10. The van der Waals surface area contributed by atoms with Gasteiger partial charge in [0.15, 0.2) is 0 Å². The number of hydrogen-bond acceptors (Lipinski definition) is 2. The molecule has 14 heavy (non-hydrogen) atoms. The van der Waals surface area contributed by atoms with Crippen LogP contribution in [-0.4, -0.2) is 11.1 Å². The Kier molecular flexibility index (Phi) is 2.12. The van der Waals surface area contributed by atoms with Crippen LogP contribution < -0.4 is 5.73 Å². The highest BCUT2D eigenvalue weighted by Crippen LogP contribution is 2.59. The van der Waals surface area contributed by atoms with Crippen LogP contribution >= 0.6 is 15.9 Å². The molecule has 0 aliphatic heterocycles. The predicted octanol–water partition coefficient (Wildman–Crippen LogP) is 2.61. The minimum absolute atomic E-state index is 0.109. The molecule has 76 valence electrons. The maximum Gasteiger partial charge on any atom is 0.133 e. The fourth-order valence-electron chi connectivity index (χ4n) is 2.05. The zero-order valence-electron chi connectivity index (χ0n) is 8.29. The molecule has 1 aromatic carbocycles. The standard InChI is InChI=1S/C11H14BrNO/c1-11(2)8(10(11)13)6-4-3-5-7(12)9(6)14/h3-5,8,10,14H,13H2,1-2H3/t8-,10-/m1/s1. The fraction of sp³-hybridized carbons (Fsp3) is 0.455. The van der Waals surface area contributed by atoms with E-state index < -0.39 is 0 Å². The molecule has 0 radical (unpaired) electrons. The van der Waals surface area contributed by atoms with E-state index >= 15 is 0 Å². The van der Waals surface area contributed by atoms with Gasteiger partial charge >= 0.3 is 0 Å². The summed E-state index contributed by atoms with van der Waals surface area (Å²) in [6.45, 7) is 4.26. The number of nitrogens with two attached hydrogens (primary N) is 1. The first-order valence-corrected chi connectivity index (χ1v) is 5.48. The van der Waals surface area contributed by atoms with Crippen molar-refractivity contribution >= 4 is 15.9 Å². The van der Waals surface area contributed by atoms with Crippen LogP contribution in [0.5, 0.6) is 5.75 Å². The quantitative estimate of drug-likeness (QED) is 0.811. The molecule has 3 heteroatoms. The van der Waals surface area contributed by atoms with Crippen molar-refractivity contribution in [1.82, 2.24) is 0 Å². The van der Waals surface area contributed by atoms with Crippen molar-refractivity contribution in [3.63, 3.8) is 0 Å². The second-order valence-electron chi connectivity index (χ2n) is 4.50. The zero-order chi connectivity index (χ0) is 10.5. The lowest BCUT2D eigenvalue weighted by Gasteiger charge is -2.06. The maximum atomic E-state index is 9.86. The maximum absolute atomic E-state index is 9.86. The molecule has 2 rings (SSSR count). The summed E-state index contributed by atoms with van der Waals surface area (Å²) in [4.78, 5) is 0. The highest BCUT2D eigenvalue weighted by atomic mass is 79.9. The first-order valence-electron chi connectivity index (χ1n) is 4.69. The second-order valence-corrected chi connectivity index (χ2v) is 5.36. The number of halogens is 1. The van der Waals surface area contributed by atoms with Crippen molar-refractivity contribution < 1.29 is 5.11 Å². The van der Waals surface area contributed by atoms with E-state index in [0.29, 0.717) is 5.75 Å². The predicted molar refractivity (Wildman–Crippen MR) is 60.3 cm³/mol. The lowest BCUT2D eigenvalue weighted by molar-refractivity contribution is 0.461. The van der Waals surface area contributed by atoms with Crippen LogP contribution in [0.3, 0.4) is 0 Å². The van der Waals surface area contributed by atoms with E-state index in [2.05, 4.69) is 29.8 Å². The monoisotopic (exact) mass is 255 g/mol. The number of rotatable bonds is 1. The van der Waals surface area contributed by atoms with Gasteiger partial charge in [-0.15, -0.1) is 0 Å². The molecule has 2 nitrogen and oxygen atoms in total.